The van der Waals surface area contributed by atoms with Crippen molar-refractivity contribution in [1.82, 2.24) is 9.80 Å². The van der Waals surface area contributed by atoms with Gasteiger partial charge in [0, 0.05) is 32.7 Å². The van der Waals surface area contributed by atoms with Gasteiger partial charge in [0.15, 0.2) is 0 Å². The fourth-order valence-electron chi connectivity index (χ4n) is 2.99. The van der Waals surface area contributed by atoms with E-state index in [0.717, 1.165) is 25.1 Å². The molecular formula is C17H27ClFN3O. The molecule has 1 fully saturated rings. The fourth-order valence-corrected chi connectivity index (χ4v) is 2.99. The molecule has 4 nitrogen and oxygen atoms in total. The zero-order valence-electron chi connectivity index (χ0n) is 13.9. The first-order valence-corrected chi connectivity index (χ1v) is 7.97. The molecule has 0 aromatic heterocycles. The molecule has 6 heteroatoms. The second-order valence-electron chi connectivity index (χ2n) is 6.37. The lowest BCUT2D eigenvalue weighted by atomic mass is 9.95. The number of benzene rings is 1. The van der Waals surface area contributed by atoms with Crippen LogP contribution in [0.25, 0.3) is 0 Å². The van der Waals surface area contributed by atoms with Crippen LogP contribution in [-0.2, 0) is 11.3 Å². The van der Waals surface area contributed by atoms with Crippen molar-refractivity contribution in [2.75, 3.05) is 26.2 Å². The molecule has 1 aromatic rings. The van der Waals surface area contributed by atoms with Crippen LogP contribution in [0.5, 0.6) is 0 Å². The Balaban J connectivity index is 0.00000264. The third kappa shape index (κ3) is 5.44. The SMILES string of the molecule is CCCC(C)(N)C(=O)N1CCN(Cc2cccc(F)c2)CC1.Cl. The summed E-state index contributed by atoms with van der Waals surface area (Å²) in [6, 6.07) is 6.68. The Morgan fingerprint density at radius 3 is 2.52 bits per heavy atom. The Morgan fingerprint density at radius 2 is 1.96 bits per heavy atom. The lowest BCUT2D eigenvalue weighted by Gasteiger charge is -2.38. The third-order valence-corrected chi connectivity index (χ3v) is 4.21. The summed E-state index contributed by atoms with van der Waals surface area (Å²) < 4.78 is 13.2. The highest BCUT2D eigenvalue weighted by atomic mass is 35.5. The highest BCUT2D eigenvalue weighted by molar-refractivity contribution is 5.86. The molecule has 1 heterocycles. The quantitative estimate of drug-likeness (QED) is 0.893. The van der Waals surface area contributed by atoms with Gasteiger partial charge in [-0.05, 0) is 31.0 Å². The second-order valence-corrected chi connectivity index (χ2v) is 6.37. The summed E-state index contributed by atoms with van der Waals surface area (Å²) in [5.74, 6) is -0.162. The van der Waals surface area contributed by atoms with Gasteiger partial charge in [-0.3, -0.25) is 9.69 Å². The van der Waals surface area contributed by atoms with E-state index in [-0.39, 0.29) is 24.1 Å². The summed E-state index contributed by atoms with van der Waals surface area (Å²) >= 11 is 0. The molecule has 0 aliphatic carbocycles. The number of hydrogen-bond donors (Lipinski definition) is 1. The minimum absolute atomic E-state index is 0. The Hall–Kier alpha value is -1.17. The normalized spacial score (nSPS) is 18.2. The van der Waals surface area contributed by atoms with Gasteiger partial charge in [0.2, 0.25) is 5.91 Å². The van der Waals surface area contributed by atoms with Crippen molar-refractivity contribution in [3.63, 3.8) is 0 Å². The molecule has 1 aliphatic rings. The first-order valence-electron chi connectivity index (χ1n) is 7.97. The zero-order valence-corrected chi connectivity index (χ0v) is 14.7. The minimum Gasteiger partial charge on any atom is -0.339 e. The molecule has 1 atom stereocenters. The number of nitrogens with two attached hydrogens (primary N) is 1. The van der Waals surface area contributed by atoms with Crippen molar-refractivity contribution in [3.8, 4) is 0 Å². The molecule has 1 amide bonds. The van der Waals surface area contributed by atoms with E-state index < -0.39 is 5.54 Å². The maximum absolute atomic E-state index is 13.2. The van der Waals surface area contributed by atoms with Crippen LogP contribution in [0.4, 0.5) is 4.39 Å². The molecule has 0 bridgehead atoms. The maximum Gasteiger partial charge on any atom is 0.242 e. The van der Waals surface area contributed by atoms with Crippen LogP contribution in [-0.4, -0.2) is 47.4 Å². The number of rotatable bonds is 5. The lowest BCUT2D eigenvalue weighted by Crippen LogP contribution is -2.58. The Bertz CT molecular complexity index is 516. The summed E-state index contributed by atoms with van der Waals surface area (Å²) in [6.45, 7) is 7.53. The van der Waals surface area contributed by atoms with E-state index in [2.05, 4.69) is 4.90 Å². The Morgan fingerprint density at radius 1 is 1.30 bits per heavy atom. The molecule has 0 radical (unpaired) electrons. The lowest BCUT2D eigenvalue weighted by molar-refractivity contribution is -0.138. The monoisotopic (exact) mass is 343 g/mol. The van der Waals surface area contributed by atoms with Crippen LogP contribution in [0.1, 0.15) is 32.3 Å². The molecule has 0 saturated carbocycles. The van der Waals surface area contributed by atoms with Gasteiger partial charge in [-0.25, -0.2) is 4.39 Å². The van der Waals surface area contributed by atoms with Crippen molar-refractivity contribution in [2.45, 2.75) is 38.8 Å². The average molecular weight is 344 g/mol. The number of amides is 1. The summed E-state index contributed by atoms with van der Waals surface area (Å²) in [6.07, 6.45) is 1.60. The summed E-state index contributed by atoms with van der Waals surface area (Å²) in [5.41, 5.74) is 6.33. The van der Waals surface area contributed by atoms with Crippen LogP contribution < -0.4 is 5.73 Å². The largest absolute Gasteiger partial charge is 0.339 e. The first-order chi connectivity index (χ1) is 10.4. The van der Waals surface area contributed by atoms with Crippen LogP contribution in [0, 0.1) is 5.82 Å². The van der Waals surface area contributed by atoms with Gasteiger partial charge in [0.05, 0.1) is 5.54 Å². The van der Waals surface area contributed by atoms with Gasteiger partial charge < -0.3 is 10.6 Å². The molecule has 1 unspecified atom stereocenters. The third-order valence-electron chi connectivity index (χ3n) is 4.21. The smallest absolute Gasteiger partial charge is 0.242 e. The molecule has 1 aliphatic heterocycles. The summed E-state index contributed by atoms with van der Waals surface area (Å²) in [4.78, 5) is 16.6. The molecule has 1 aromatic carbocycles. The van der Waals surface area contributed by atoms with Crippen molar-refractivity contribution >= 4 is 18.3 Å². The summed E-state index contributed by atoms with van der Waals surface area (Å²) in [7, 11) is 0. The van der Waals surface area contributed by atoms with E-state index in [4.69, 9.17) is 5.73 Å². The fraction of sp³-hybridized carbons (Fsp3) is 0.588. The minimum atomic E-state index is -0.764. The van der Waals surface area contributed by atoms with Gasteiger partial charge >= 0.3 is 0 Å². The van der Waals surface area contributed by atoms with Crippen molar-refractivity contribution < 1.29 is 9.18 Å². The van der Waals surface area contributed by atoms with Crippen LogP contribution in [0.15, 0.2) is 24.3 Å². The average Bonchev–Trinajstić information content (AvgIpc) is 2.47. The van der Waals surface area contributed by atoms with E-state index in [9.17, 15) is 9.18 Å². The molecular weight excluding hydrogens is 317 g/mol. The van der Waals surface area contributed by atoms with E-state index in [1.165, 1.54) is 6.07 Å². The number of carbonyl (C=O) groups is 1. The molecule has 2 rings (SSSR count). The number of piperazine rings is 1. The van der Waals surface area contributed by atoms with Gasteiger partial charge in [-0.2, -0.15) is 0 Å². The van der Waals surface area contributed by atoms with Gasteiger partial charge in [0.25, 0.3) is 0 Å². The molecule has 0 spiro atoms. The van der Waals surface area contributed by atoms with Gasteiger partial charge in [-0.15, -0.1) is 12.4 Å². The first kappa shape index (κ1) is 19.9. The van der Waals surface area contributed by atoms with Crippen molar-refractivity contribution in [3.05, 3.63) is 35.6 Å². The number of halogens is 2. The Kier molecular flexibility index (Phi) is 7.45. The van der Waals surface area contributed by atoms with E-state index in [1.807, 2.05) is 24.8 Å². The molecule has 23 heavy (non-hydrogen) atoms. The predicted molar refractivity (Wildman–Crippen MR) is 93.0 cm³/mol. The van der Waals surface area contributed by atoms with Crippen LogP contribution in [0.3, 0.4) is 0 Å². The highest BCUT2D eigenvalue weighted by Crippen LogP contribution is 2.16. The summed E-state index contributed by atoms with van der Waals surface area (Å²) in [5, 5.41) is 0. The van der Waals surface area contributed by atoms with Gasteiger partial charge in [0.1, 0.15) is 5.82 Å². The van der Waals surface area contributed by atoms with E-state index >= 15 is 0 Å². The van der Waals surface area contributed by atoms with Crippen LogP contribution in [0.2, 0.25) is 0 Å². The standard InChI is InChI=1S/C17H26FN3O.ClH/c1-3-7-17(2,19)16(22)21-10-8-20(9-11-21)13-14-5-4-6-15(18)12-14;/h4-6,12H,3,7-11,13,19H2,1-2H3;1H. The van der Waals surface area contributed by atoms with Gasteiger partial charge in [-0.1, -0.05) is 25.5 Å². The van der Waals surface area contributed by atoms with Crippen molar-refractivity contribution in [1.29, 1.82) is 0 Å². The van der Waals surface area contributed by atoms with Crippen molar-refractivity contribution in [2.24, 2.45) is 5.73 Å². The number of hydrogen-bond acceptors (Lipinski definition) is 3. The molecule has 2 N–H and O–H groups in total. The topological polar surface area (TPSA) is 49.6 Å². The number of carbonyl (C=O) groups excluding carboxylic acids is 1. The maximum atomic E-state index is 13.2. The van der Waals surface area contributed by atoms with E-state index in [0.29, 0.717) is 26.1 Å². The molecule has 130 valence electrons. The number of nitrogens with zero attached hydrogens (tertiary/aromatic N) is 2. The predicted octanol–water partition coefficient (Wildman–Crippen LogP) is 2.41. The highest BCUT2D eigenvalue weighted by Gasteiger charge is 2.33. The molecule has 1 saturated heterocycles. The Labute approximate surface area is 144 Å². The second kappa shape index (κ2) is 8.62. The van der Waals surface area contributed by atoms with E-state index in [1.54, 1.807) is 12.1 Å². The van der Waals surface area contributed by atoms with Crippen LogP contribution >= 0.6 is 12.4 Å². The zero-order chi connectivity index (χ0) is 16.2.